The Morgan fingerprint density at radius 3 is 1.79 bits per heavy atom. The van der Waals surface area contributed by atoms with Crippen LogP contribution in [0.15, 0.2) is 0 Å². The lowest BCUT2D eigenvalue weighted by molar-refractivity contribution is -0.0471. The smallest absolute Gasteiger partial charge is 0.0616 e. The Labute approximate surface area is 120 Å². The summed E-state index contributed by atoms with van der Waals surface area (Å²) in [7, 11) is 0. The van der Waals surface area contributed by atoms with Crippen molar-refractivity contribution in [3.05, 3.63) is 0 Å². The highest BCUT2D eigenvalue weighted by atomic mass is 16.5. The van der Waals surface area contributed by atoms with Gasteiger partial charge in [0.1, 0.15) is 0 Å². The summed E-state index contributed by atoms with van der Waals surface area (Å²) in [6.07, 6.45) is 1.92. The van der Waals surface area contributed by atoms with Gasteiger partial charge < -0.3 is 9.84 Å². The molecule has 0 aromatic heterocycles. The van der Waals surface area contributed by atoms with Gasteiger partial charge in [-0.1, -0.05) is 41.5 Å². The summed E-state index contributed by atoms with van der Waals surface area (Å²) in [4.78, 5) is 0. The summed E-state index contributed by atoms with van der Waals surface area (Å²) < 4.78 is 5.95. The third kappa shape index (κ3) is 8.65. The lowest BCUT2D eigenvalue weighted by Gasteiger charge is -2.38. The Kier molecular flexibility index (Phi) is 6.55. The van der Waals surface area contributed by atoms with Gasteiger partial charge in [-0.2, -0.15) is 0 Å². The van der Waals surface area contributed by atoms with E-state index in [2.05, 4.69) is 41.5 Å². The highest BCUT2D eigenvalue weighted by molar-refractivity contribution is 4.82. The summed E-state index contributed by atoms with van der Waals surface area (Å²) in [6.45, 7) is 20.2. The fourth-order valence-electron chi connectivity index (χ4n) is 2.62. The van der Waals surface area contributed by atoms with Crippen molar-refractivity contribution in [2.24, 2.45) is 16.7 Å². The topological polar surface area (TPSA) is 29.5 Å². The van der Waals surface area contributed by atoms with E-state index >= 15 is 0 Å². The minimum absolute atomic E-state index is 0.0986. The zero-order chi connectivity index (χ0) is 15.5. The zero-order valence-electron chi connectivity index (χ0n) is 14.6. The summed E-state index contributed by atoms with van der Waals surface area (Å²) in [5, 5.41) is 9.80. The first kappa shape index (κ1) is 18.9. The van der Waals surface area contributed by atoms with E-state index in [-0.39, 0.29) is 11.5 Å². The van der Waals surface area contributed by atoms with Crippen molar-refractivity contribution in [2.45, 2.75) is 86.9 Å². The third-order valence-corrected chi connectivity index (χ3v) is 4.04. The Balaban J connectivity index is 4.31. The van der Waals surface area contributed by atoms with E-state index in [0.717, 1.165) is 13.0 Å². The maximum atomic E-state index is 9.80. The molecule has 0 aromatic rings. The fourth-order valence-corrected chi connectivity index (χ4v) is 2.62. The van der Waals surface area contributed by atoms with Gasteiger partial charge in [-0.3, -0.25) is 0 Å². The van der Waals surface area contributed by atoms with Gasteiger partial charge >= 0.3 is 0 Å². The fraction of sp³-hybridized carbons (Fsp3) is 1.00. The molecule has 116 valence electrons. The standard InChI is InChI=1S/C17H36O2/c1-13(2)16(6,7)11-15(4,5)12-19-14(3)10-17(8,9)18/h13-14,18H,10-12H2,1-9H3. The van der Waals surface area contributed by atoms with E-state index in [0.29, 0.717) is 17.8 Å². The van der Waals surface area contributed by atoms with Crippen LogP contribution in [0.5, 0.6) is 0 Å². The first-order chi connectivity index (χ1) is 8.25. The van der Waals surface area contributed by atoms with Crippen LogP contribution >= 0.6 is 0 Å². The second kappa shape index (κ2) is 6.58. The van der Waals surface area contributed by atoms with Crippen molar-refractivity contribution in [3.63, 3.8) is 0 Å². The van der Waals surface area contributed by atoms with Crippen molar-refractivity contribution in [3.8, 4) is 0 Å². The lowest BCUT2D eigenvalue weighted by Crippen LogP contribution is -2.33. The molecule has 0 aliphatic carbocycles. The number of ether oxygens (including phenoxy) is 1. The Morgan fingerprint density at radius 2 is 1.42 bits per heavy atom. The van der Waals surface area contributed by atoms with Crippen molar-refractivity contribution in [2.75, 3.05) is 6.61 Å². The molecule has 1 atom stereocenters. The highest BCUT2D eigenvalue weighted by Gasteiger charge is 2.32. The highest BCUT2D eigenvalue weighted by Crippen LogP contribution is 2.39. The van der Waals surface area contributed by atoms with Crippen molar-refractivity contribution < 1.29 is 9.84 Å². The molecule has 0 rings (SSSR count). The van der Waals surface area contributed by atoms with E-state index in [1.165, 1.54) is 0 Å². The second-order valence-electron chi connectivity index (χ2n) is 8.62. The lowest BCUT2D eigenvalue weighted by atomic mass is 9.70. The molecule has 0 aliphatic rings. The molecule has 0 amide bonds. The van der Waals surface area contributed by atoms with Crippen molar-refractivity contribution in [1.29, 1.82) is 0 Å². The van der Waals surface area contributed by atoms with Crippen LogP contribution in [0.3, 0.4) is 0 Å². The minimum Gasteiger partial charge on any atom is -0.390 e. The molecule has 0 aliphatic heterocycles. The third-order valence-electron chi connectivity index (χ3n) is 4.04. The van der Waals surface area contributed by atoms with Gasteiger partial charge in [-0.15, -0.1) is 0 Å². The molecular formula is C17H36O2. The summed E-state index contributed by atoms with van der Waals surface area (Å²) in [5.74, 6) is 0.667. The van der Waals surface area contributed by atoms with Crippen LogP contribution in [0.2, 0.25) is 0 Å². The molecule has 0 heterocycles. The van der Waals surface area contributed by atoms with E-state index in [1.807, 2.05) is 20.8 Å². The van der Waals surface area contributed by atoms with Gasteiger partial charge in [0.15, 0.2) is 0 Å². The number of aliphatic hydroxyl groups is 1. The van der Waals surface area contributed by atoms with Gasteiger partial charge in [0, 0.05) is 6.42 Å². The second-order valence-corrected chi connectivity index (χ2v) is 8.62. The van der Waals surface area contributed by atoms with Crippen LogP contribution in [-0.2, 0) is 4.74 Å². The van der Waals surface area contributed by atoms with Crippen LogP contribution in [0.4, 0.5) is 0 Å². The van der Waals surface area contributed by atoms with Crippen molar-refractivity contribution >= 4 is 0 Å². The molecule has 0 aromatic carbocycles. The minimum atomic E-state index is -0.652. The van der Waals surface area contributed by atoms with E-state index in [9.17, 15) is 5.11 Å². The number of hydrogen-bond acceptors (Lipinski definition) is 2. The van der Waals surface area contributed by atoms with Gasteiger partial charge in [0.2, 0.25) is 0 Å². The monoisotopic (exact) mass is 272 g/mol. The summed E-state index contributed by atoms with van der Waals surface area (Å²) >= 11 is 0. The van der Waals surface area contributed by atoms with Crippen LogP contribution < -0.4 is 0 Å². The van der Waals surface area contributed by atoms with Crippen LogP contribution in [0, 0.1) is 16.7 Å². The molecular weight excluding hydrogens is 236 g/mol. The maximum absolute atomic E-state index is 9.80. The van der Waals surface area contributed by atoms with Crippen molar-refractivity contribution in [1.82, 2.24) is 0 Å². The largest absolute Gasteiger partial charge is 0.390 e. The van der Waals surface area contributed by atoms with E-state index in [1.54, 1.807) is 0 Å². The Hall–Kier alpha value is -0.0800. The molecule has 0 radical (unpaired) electrons. The Bertz CT molecular complexity index is 259. The van der Waals surface area contributed by atoms with Gasteiger partial charge in [-0.05, 0) is 43.9 Å². The molecule has 0 saturated carbocycles. The van der Waals surface area contributed by atoms with Crippen LogP contribution in [0.25, 0.3) is 0 Å². The van der Waals surface area contributed by atoms with Gasteiger partial charge in [0.25, 0.3) is 0 Å². The van der Waals surface area contributed by atoms with E-state index in [4.69, 9.17) is 4.74 Å². The predicted octanol–water partition coefficient (Wildman–Crippen LogP) is 4.65. The Morgan fingerprint density at radius 1 is 0.947 bits per heavy atom. The summed E-state index contributed by atoms with van der Waals surface area (Å²) in [6, 6.07) is 0. The molecule has 0 spiro atoms. The van der Waals surface area contributed by atoms with Crippen LogP contribution in [-0.4, -0.2) is 23.4 Å². The molecule has 0 bridgehead atoms. The first-order valence-electron chi connectivity index (χ1n) is 7.59. The zero-order valence-corrected chi connectivity index (χ0v) is 14.6. The number of rotatable bonds is 8. The quantitative estimate of drug-likeness (QED) is 0.697. The molecule has 2 heteroatoms. The average molecular weight is 272 g/mol. The number of hydrogen-bond donors (Lipinski definition) is 1. The molecule has 19 heavy (non-hydrogen) atoms. The SMILES string of the molecule is CC(CC(C)(C)O)OCC(C)(C)CC(C)(C)C(C)C. The molecule has 1 N–H and O–H groups in total. The average Bonchev–Trinajstić information content (AvgIpc) is 2.10. The molecule has 0 fully saturated rings. The molecule has 2 nitrogen and oxygen atoms in total. The molecule has 0 saturated heterocycles. The van der Waals surface area contributed by atoms with Crippen LogP contribution in [0.1, 0.15) is 75.2 Å². The first-order valence-corrected chi connectivity index (χ1v) is 7.59. The van der Waals surface area contributed by atoms with Gasteiger partial charge in [0.05, 0.1) is 18.3 Å². The maximum Gasteiger partial charge on any atom is 0.0616 e. The van der Waals surface area contributed by atoms with E-state index < -0.39 is 5.60 Å². The molecule has 1 unspecified atom stereocenters. The predicted molar refractivity (Wildman–Crippen MR) is 83.3 cm³/mol. The van der Waals surface area contributed by atoms with Gasteiger partial charge in [-0.25, -0.2) is 0 Å². The summed E-state index contributed by atoms with van der Waals surface area (Å²) in [5.41, 5.74) is -0.158. The normalized spacial score (nSPS) is 15.9.